The van der Waals surface area contributed by atoms with Crippen molar-refractivity contribution in [2.45, 2.75) is 44.2 Å². The van der Waals surface area contributed by atoms with Crippen LogP contribution in [0, 0.1) is 13.8 Å². The maximum absolute atomic E-state index is 13.7. The number of carbonyl (C=O) groups is 1. The van der Waals surface area contributed by atoms with Gasteiger partial charge in [-0.05, 0) is 56.5 Å². The highest BCUT2D eigenvalue weighted by atomic mass is 35.5. The van der Waals surface area contributed by atoms with Crippen LogP contribution in [-0.2, 0) is 21.4 Å². The average molecular weight is 594 g/mol. The monoisotopic (exact) mass is 592 g/mol. The first kappa shape index (κ1) is 28.9. The molecule has 1 aliphatic heterocycles. The molecular weight excluding hydrogens is 563 g/mol. The summed E-state index contributed by atoms with van der Waals surface area (Å²) in [5.74, 6) is 5.17. The van der Waals surface area contributed by atoms with Crippen LogP contribution >= 0.6 is 23.2 Å². The van der Waals surface area contributed by atoms with E-state index >= 15 is 0 Å². The van der Waals surface area contributed by atoms with Crippen molar-refractivity contribution in [3.63, 3.8) is 0 Å². The first-order chi connectivity index (χ1) is 18.6. The fourth-order valence-corrected chi connectivity index (χ4v) is 7.16. The first-order valence-corrected chi connectivity index (χ1v) is 14.6. The van der Waals surface area contributed by atoms with Gasteiger partial charge in [0.15, 0.2) is 0 Å². The number of nitrogens with two attached hydrogens (primary N) is 1. The summed E-state index contributed by atoms with van der Waals surface area (Å²) in [6.07, 6.45) is 2.25. The van der Waals surface area contributed by atoms with Gasteiger partial charge >= 0.3 is 0 Å². The maximum atomic E-state index is 13.7. The number of nitrogens with zero attached hydrogens (tertiary/aromatic N) is 3. The molecule has 10 nitrogen and oxygen atoms in total. The number of benzene rings is 2. The molecule has 0 bridgehead atoms. The van der Waals surface area contributed by atoms with Crippen LogP contribution in [-0.4, -0.2) is 55.6 Å². The second-order valence-corrected chi connectivity index (χ2v) is 11.8. The highest BCUT2D eigenvalue weighted by molar-refractivity contribution is 7.89. The summed E-state index contributed by atoms with van der Waals surface area (Å²) in [6, 6.07) is 9.61. The summed E-state index contributed by atoms with van der Waals surface area (Å²) < 4.78 is 34.7. The molecule has 208 valence electrons. The van der Waals surface area contributed by atoms with Gasteiger partial charge in [0.05, 0.1) is 5.02 Å². The van der Waals surface area contributed by atoms with E-state index in [-0.39, 0.29) is 40.5 Å². The Balaban J connectivity index is 1.56. The van der Waals surface area contributed by atoms with Crippen LogP contribution < -0.4 is 21.2 Å². The summed E-state index contributed by atoms with van der Waals surface area (Å²) in [5, 5.41) is 10.0. The van der Waals surface area contributed by atoms with Gasteiger partial charge in [0.2, 0.25) is 15.9 Å². The number of nitrogens with one attached hydrogen (secondary N) is 2. The van der Waals surface area contributed by atoms with E-state index in [0.29, 0.717) is 36.2 Å². The lowest BCUT2D eigenvalue weighted by atomic mass is 10.1. The van der Waals surface area contributed by atoms with Gasteiger partial charge in [-0.1, -0.05) is 35.3 Å². The van der Waals surface area contributed by atoms with E-state index in [1.165, 1.54) is 22.8 Å². The molecule has 1 amide bonds. The summed E-state index contributed by atoms with van der Waals surface area (Å²) in [7, 11) is -4.11. The molecule has 13 heteroatoms. The zero-order valence-corrected chi connectivity index (χ0v) is 23.9. The van der Waals surface area contributed by atoms with E-state index < -0.39 is 16.1 Å². The topological polar surface area (TPSA) is 139 Å². The third kappa shape index (κ3) is 6.22. The molecule has 4 N–H and O–H groups in total. The summed E-state index contributed by atoms with van der Waals surface area (Å²) in [4.78, 5) is 17.3. The Kier molecular flexibility index (Phi) is 9.16. The molecular formula is C26H30Cl2N6O4S. The number of amides is 1. The zero-order chi connectivity index (χ0) is 28.2. The molecule has 1 saturated heterocycles. The Morgan fingerprint density at radius 3 is 2.82 bits per heavy atom. The minimum Gasteiger partial charge on any atom is -0.487 e. The van der Waals surface area contributed by atoms with Gasteiger partial charge in [-0.25, -0.2) is 13.4 Å². The van der Waals surface area contributed by atoms with Crippen LogP contribution in [0.15, 0.2) is 46.4 Å². The number of rotatable bonds is 10. The number of carbonyl (C=O) groups excluding carboxylic acids is 1. The largest absolute Gasteiger partial charge is 0.487 e. The number of pyridine rings is 1. The highest BCUT2D eigenvalue weighted by Gasteiger charge is 2.40. The fraction of sp³-hybridized carbons (Fsp3) is 0.346. The number of hydrogen-bond acceptors (Lipinski definition) is 7. The third-order valence-corrected chi connectivity index (χ3v) is 9.34. The van der Waals surface area contributed by atoms with Crippen LogP contribution in [0.3, 0.4) is 0 Å². The van der Waals surface area contributed by atoms with Crippen molar-refractivity contribution in [1.82, 2.24) is 19.9 Å². The lowest BCUT2D eigenvalue weighted by Gasteiger charge is -2.24. The molecule has 0 unspecified atom stereocenters. The second-order valence-electron chi connectivity index (χ2n) is 9.16. The molecule has 1 aromatic heterocycles. The van der Waals surface area contributed by atoms with E-state index in [4.69, 9.17) is 33.8 Å². The maximum Gasteiger partial charge on any atom is 0.245 e. The lowest BCUT2D eigenvalue weighted by molar-refractivity contribution is -0.124. The van der Waals surface area contributed by atoms with Crippen LogP contribution in [0.1, 0.15) is 29.7 Å². The molecule has 0 saturated carbocycles. The van der Waals surface area contributed by atoms with Gasteiger partial charge in [0.1, 0.15) is 35.1 Å². The Labute approximate surface area is 237 Å². The van der Waals surface area contributed by atoms with Gasteiger partial charge < -0.3 is 21.2 Å². The van der Waals surface area contributed by atoms with Crippen molar-refractivity contribution in [2.24, 2.45) is 10.9 Å². The average Bonchev–Trinajstić information content (AvgIpc) is 3.40. The van der Waals surface area contributed by atoms with Crippen molar-refractivity contribution in [2.75, 3.05) is 19.6 Å². The normalized spacial score (nSPS) is 16.2. The number of para-hydroxylation sites is 1. The van der Waals surface area contributed by atoms with E-state index in [1.807, 2.05) is 32.0 Å². The minimum absolute atomic E-state index is 0.0422. The van der Waals surface area contributed by atoms with E-state index in [9.17, 15) is 13.2 Å². The molecule has 0 aliphatic carbocycles. The van der Waals surface area contributed by atoms with Crippen LogP contribution in [0.4, 0.5) is 0 Å². The van der Waals surface area contributed by atoms with Crippen molar-refractivity contribution in [3.05, 3.63) is 63.3 Å². The van der Waals surface area contributed by atoms with Crippen molar-refractivity contribution in [3.8, 4) is 5.75 Å². The number of aromatic nitrogens is 1. The number of hydrazone groups is 1. The molecule has 0 spiro atoms. The zero-order valence-electron chi connectivity index (χ0n) is 21.6. The number of ether oxygens (including phenoxy) is 1. The summed E-state index contributed by atoms with van der Waals surface area (Å²) >= 11 is 13.1. The van der Waals surface area contributed by atoms with Crippen LogP contribution in [0.5, 0.6) is 5.75 Å². The standard InChI is InChI=1S/C26H30Cl2N6O4S/c1-16-13-17(2)33-25-18(16)5-3-7-22(25)38-14-19-20(27)8-9-23(24(19)28)39(36,37)34-12-4-6-21(34)26(35)31-11-10-30-15-32-29/h3,5,7-9,13,15,21H,4,6,10-12,14,29H2,1-2H3,(H,30,32)(H,31,35)/t21-/m0/s1. The van der Waals surface area contributed by atoms with Gasteiger partial charge in [-0.2, -0.15) is 9.41 Å². The molecule has 1 fully saturated rings. The molecule has 2 aromatic carbocycles. The smallest absolute Gasteiger partial charge is 0.245 e. The summed E-state index contributed by atoms with van der Waals surface area (Å²) in [5.41, 5.74) is 2.94. The fourth-order valence-electron chi connectivity index (χ4n) is 4.64. The van der Waals surface area contributed by atoms with Gasteiger partial charge in [0.25, 0.3) is 0 Å². The first-order valence-electron chi connectivity index (χ1n) is 12.4. The Hall–Kier alpha value is -3.12. The van der Waals surface area contributed by atoms with Crippen LogP contribution in [0.2, 0.25) is 10.0 Å². The van der Waals surface area contributed by atoms with E-state index in [2.05, 4.69) is 20.7 Å². The SMILES string of the molecule is Cc1cc(C)c2cccc(OCc3c(Cl)ccc(S(=O)(=O)N4CCC[C@H]4C(=O)NCCNC=NN)c3Cl)c2n1. The molecule has 3 aromatic rings. The molecule has 4 rings (SSSR count). The van der Waals surface area contributed by atoms with E-state index in [0.717, 1.165) is 16.6 Å². The van der Waals surface area contributed by atoms with Gasteiger partial charge in [-0.15, -0.1) is 0 Å². The number of fused-ring (bicyclic) bond motifs is 1. The number of halogens is 2. The molecule has 1 aliphatic rings. The number of aryl methyl sites for hydroxylation is 2. The van der Waals surface area contributed by atoms with Gasteiger partial charge in [0, 0.05) is 41.3 Å². The van der Waals surface area contributed by atoms with Gasteiger partial charge in [-0.3, -0.25) is 4.79 Å². The third-order valence-electron chi connectivity index (χ3n) is 6.49. The molecule has 1 atom stereocenters. The molecule has 0 radical (unpaired) electrons. The Morgan fingerprint density at radius 1 is 1.26 bits per heavy atom. The predicted octanol–water partition coefficient (Wildman–Crippen LogP) is 3.50. The van der Waals surface area contributed by atoms with Crippen LogP contribution in [0.25, 0.3) is 10.9 Å². The van der Waals surface area contributed by atoms with E-state index in [1.54, 1.807) is 6.07 Å². The lowest BCUT2D eigenvalue weighted by Crippen LogP contribution is -2.47. The van der Waals surface area contributed by atoms with Crippen molar-refractivity contribution >= 4 is 56.4 Å². The second kappa shape index (κ2) is 12.4. The predicted molar refractivity (Wildman–Crippen MR) is 153 cm³/mol. The quantitative estimate of drug-likeness (QED) is 0.108. The molecule has 39 heavy (non-hydrogen) atoms. The molecule has 2 heterocycles. The number of sulfonamides is 1. The number of hydrogen-bond donors (Lipinski definition) is 3. The minimum atomic E-state index is -4.11. The highest BCUT2D eigenvalue weighted by Crippen LogP contribution is 2.36. The Bertz CT molecular complexity index is 1520. The van der Waals surface area contributed by atoms with Crippen molar-refractivity contribution in [1.29, 1.82) is 0 Å². The Morgan fingerprint density at radius 2 is 2.05 bits per heavy atom. The summed E-state index contributed by atoms with van der Waals surface area (Å²) in [6.45, 7) is 4.71. The van der Waals surface area contributed by atoms with Crippen molar-refractivity contribution < 1.29 is 17.9 Å².